The number of amides is 4. The van der Waals surface area contributed by atoms with Gasteiger partial charge in [-0.15, -0.1) is 0 Å². The van der Waals surface area contributed by atoms with Gasteiger partial charge in [0.1, 0.15) is 41.9 Å². The molecule has 4 aliphatic heterocycles. The van der Waals surface area contributed by atoms with Crippen LogP contribution in [0.5, 0.6) is 0 Å². The zero-order valence-corrected chi connectivity index (χ0v) is 82.9. The first-order valence-corrected chi connectivity index (χ1v) is 52.2. The van der Waals surface area contributed by atoms with E-state index in [4.69, 9.17) is 28.4 Å². The zero-order valence-electron chi connectivity index (χ0n) is 82.9. The number of carbonyl (C=O) groups excluding carboxylic acids is 8. The number of aromatic nitrogens is 4. The molecule has 4 amide bonds. The van der Waals surface area contributed by atoms with E-state index < -0.39 is 17.8 Å². The third-order valence-corrected chi connectivity index (χ3v) is 33.6. The molecular formula is C117H130F6N8O14. The molecule has 4 aromatic heterocycles. The zero-order chi connectivity index (χ0) is 102. The standard InChI is InChI=1S/C30H33F3N2O4.C30H33FN2O3.C29H33FN2O4.C28H31FN2O3/c1-3-38-29(37)35-23-10-11-24-20(14-23)15-26-27(17(2)39-28(26)36)25(24)12-9-22-8-7-19(16-34-22)18-5-4-6-21(13-18)30(31,32)33;1-17-28-26(12-9-23-8-7-20(16-32-23)19-3-2-4-22(31)13-19)25-11-10-24(33-29(34)18-5-6-18)14-21(25)15-27(28)30(35)36-17;1-3-35-29(34)32-23-10-11-24-20(14-23)15-26-27(17(2)36-28(26)33)25(24)12-9-22-8-7-19(16-31-22)18-5-4-6-21(30)13-18;1-16-27-25(11-8-22-7-6-19(15-30-22)18-4-3-5-21(29)12-18)24-10-9-23(31-17(2)32)13-20(24)14-26(27)28(33)34-16/h4-9,12-13,16-17,20,23-27H,3,10-11,14-15H2,1-2H3,(H,35,37);2-4,7-9,12-13,16-18,21,24-28H,5-6,10-11,14-15H2,1H3,(H,33,34);4-9,12-13,16-17,20,23-27H,3,10-11,14-15H2,1-2H3,(H,32,34);3-8,11-12,15-16,20,23-27H,9-10,13-14H2,1-2H3,(H,31,32)/b3*12-9+;11-8+/t17-,20+,23-,24-,25+,26-,27+;17-,21+,24-,25-,26+,27-,28+;17-,20+,23-,24-,25+,26-,27+;16-,20+,23-,24-,25+,26-,27+/m1111/s1. The summed E-state index contributed by atoms with van der Waals surface area (Å²) in [6, 6.07) is 40.5. The molecule has 764 valence electrons. The van der Waals surface area contributed by atoms with Crippen molar-refractivity contribution >= 4 is 72.2 Å². The number of alkyl carbamates (subject to hydrolysis) is 2. The molecule has 145 heavy (non-hydrogen) atoms. The molecule has 28 heteroatoms. The molecule has 8 heterocycles. The van der Waals surface area contributed by atoms with Crippen molar-refractivity contribution in [3.8, 4) is 44.5 Å². The Hall–Kier alpha value is -12.6. The molecular weight excluding hydrogens is 1860 g/mol. The van der Waals surface area contributed by atoms with Gasteiger partial charge < -0.3 is 49.7 Å². The number of nitrogens with one attached hydrogen (secondary N) is 4. The summed E-state index contributed by atoms with van der Waals surface area (Å²) in [5.41, 5.74) is 8.56. The van der Waals surface area contributed by atoms with Crippen molar-refractivity contribution in [3.05, 3.63) is 240 Å². The maximum Gasteiger partial charge on any atom is 0.416 e. The van der Waals surface area contributed by atoms with Crippen molar-refractivity contribution in [1.29, 1.82) is 0 Å². The SMILES string of the molecule is CC(=O)N[C@@H]1CC[C@@H]2[C@@H](C1)C[C@H]1C(=O)O[C@H](C)[C@H]1[C@H]2/C=C/c1ccc(-c2cccc(F)c2)cn1.CCOC(=O)N[C@@H]1CC[C@@H]2[C@@H](C1)C[C@H]1C(=O)O[C@H](C)[C@H]1[C@H]2/C=C/c1ccc(-c2cccc(C(F)(F)F)c2)cn1.CCOC(=O)N[C@@H]1CC[C@@H]2[C@@H](C1)C[C@H]1C(=O)O[C@H](C)[C@H]1[C@H]2/C=C/c1ccc(-c2cccc(F)c2)cn1.C[C@H]1OC(=O)[C@@H]2C[C@@H]3C[C@H](NC(=O)C4CC4)CC[C@H]3[C@H](/C=C/c3ccc(-c4cccc(F)c4)cn3)[C@H]12. The van der Waals surface area contributed by atoms with Crippen LogP contribution in [0, 0.1) is 142 Å². The minimum atomic E-state index is -4.40. The summed E-state index contributed by atoms with van der Waals surface area (Å²) < 4.78 is 113. The van der Waals surface area contributed by atoms with E-state index in [0.29, 0.717) is 71.5 Å². The number of hydrogen-bond donors (Lipinski definition) is 4. The number of benzene rings is 4. The van der Waals surface area contributed by atoms with Crippen LogP contribution in [0.4, 0.5) is 35.9 Å². The second-order valence-electron chi connectivity index (χ2n) is 42.4. The minimum Gasteiger partial charge on any atom is -0.462 e. The van der Waals surface area contributed by atoms with Crippen LogP contribution < -0.4 is 21.3 Å². The highest BCUT2D eigenvalue weighted by atomic mass is 19.4. The molecule has 28 atom stereocenters. The largest absolute Gasteiger partial charge is 0.462 e. The molecule has 0 radical (unpaired) electrons. The maximum atomic E-state index is 13.6. The van der Waals surface area contributed by atoms with E-state index in [9.17, 15) is 64.7 Å². The summed E-state index contributed by atoms with van der Waals surface area (Å²) in [6.07, 6.45) is 34.7. The third-order valence-electron chi connectivity index (χ3n) is 33.6. The Kier molecular flexibility index (Phi) is 31.9. The fourth-order valence-corrected chi connectivity index (χ4v) is 27.0. The molecule has 9 aliphatic carbocycles. The van der Waals surface area contributed by atoms with Crippen molar-refractivity contribution in [3.63, 3.8) is 0 Å². The van der Waals surface area contributed by atoms with E-state index in [1.54, 1.807) is 82.0 Å². The molecule has 4 N–H and O–H groups in total. The third kappa shape index (κ3) is 24.1. The van der Waals surface area contributed by atoms with Crippen LogP contribution in [0.1, 0.15) is 192 Å². The Bertz CT molecular complexity index is 6100. The van der Waals surface area contributed by atoms with E-state index in [-0.39, 0.29) is 191 Å². The molecule has 21 rings (SSSR count). The van der Waals surface area contributed by atoms with Crippen LogP contribution in [-0.2, 0) is 63.4 Å². The lowest BCUT2D eigenvalue weighted by atomic mass is 9.57. The Balaban J connectivity index is 0.000000127. The highest BCUT2D eigenvalue weighted by Gasteiger charge is 2.60. The average Bonchev–Trinajstić information content (AvgIpc) is 1.64. The Labute approximate surface area is 843 Å². The fraction of sp³-hybridized carbons (Fsp3) is 0.487. The Morgan fingerprint density at radius 2 is 0.641 bits per heavy atom. The van der Waals surface area contributed by atoms with E-state index in [1.807, 2.05) is 94.4 Å². The number of carbonyl (C=O) groups is 8. The van der Waals surface area contributed by atoms with Crippen molar-refractivity contribution in [2.45, 2.75) is 219 Å². The number of cyclic esters (lactones) is 4. The van der Waals surface area contributed by atoms with Gasteiger partial charge in [0, 0.05) is 108 Å². The first-order chi connectivity index (χ1) is 69.9. The fourth-order valence-electron chi connectivity index (χ4n) is 27.0. The second-order valence-corrected chi connectivity index (χ2v) is 42.4. The van der Waals surface area contributed by atoms with Crippen LogP contribution in [-0.4, -0.2) is 130 Å². The van der Waals surface area contributed by atoms with Gasteiger partial charge in [0.25, 0.3) is 0 Å². The van der Waals surface area contributed by atoms with Gasteiger partial charge in [-0.3, -0.25) is 48.7 Å². The number of allylic oxidation sites excluding steroid dienone is 4. The van der Waals surface area contributed by atoms with Gasteiger partial charge in [-0.2, -0.15) is 13.2 Å². The number of esters is 4. The highest BCUT2D eigenvalue weighted by Crippen LogP contribution is 2.59. The first-order valence-electron chi connectivity index (χ1n) is 52.2. The van der Waals surface area contributed by atoms with Gasteiger partial charge in [-0.1, -0.05) is 97.1 Å². The summed E-state index contributed by atoms with van der Waals surface area (Å²) in [4.78, 5) is 117. The van der Waals surface area contributed by atoms with Crippen molar-refractivity contribution in [1.82, 2.24) is 41.2 Å². The van der Waals surface area contributed by atoms with E-state index in [0.717, 1.165) is 178 Å². The van der Waals surface area contributed by atoms with Gasteiger partial charge in [-0.05, 0) is 347 Å². The van der Waals surface area contributed by atoms with Gasteiger partial charge in [-0.25, -0.2) is 22.8 Å². The van der Waals surface area contributed by atoms with Crippen LogP contribution >= 0.6 is 0 Å². The summed E-state index contributed by atoms with van der Waals surface area (Å²) in [5.74, 6) is 3.31. The predicted molar refractivity (Wildman–Crippen MR) is 536 cm³/mol. The molecule has 4 aromatic carbocycles. The van der Waals surface area contributed by atoms with Gasteiger partial charge in [0.2, 0.25) is 11.8 Å². The number of nitrogens with zero attached hydrogens (tertiary/aromatic N) is 4. The van der Waals surface area contributed by atoms with E-state index >= 15 is 0 Å². The number of ether oxygens (including phenoxy) is 6. The predicted octanol–water partition coefficient (Wildman–Crippen LogP) is 22.6. The normalized spacial score (nSPS) is 32.0. The molecule has 0 spiro atoms. The molecule has 0 unspecified atom stereocenters. The summed E-state index contributed by atoms with van der Waals surface area (Å²) in [7, 11) is 0. The summed E-state index contributed by atoms with van der Waals surface area (Å²) >= 11 is 0. The quantitative estimate of drug-likeness (QED) is 0.0332. The lowest BCUT2D eigenvalue weighted by Crippen LogP contribution is -2.48. The number of halogens is 6. The average molecular weight is 1990 g/mol. The van der Waals surface area contributed by atoms with Crippen LogP contribution in [0.15, 0.2) is 195 Å². The van der Waals surface area contributed by atoms with Gasteiger partial charge >= 0.3 is 42.2 Å². The van der Waals surface area contributed by atoms with Crippen LogP contribution in [0.25, 0.3) is 68.8 Å². The van der Waals surface area contributed by atoms with Crippen LogP contribution in [0.3, 0.4) is 0 Å². The Morgan fingerprint density at radius 1 is 0.359 bits per heavy atom. The molecule has 9 saturated carbocycles. The Morgan fingerprint density at radius 3 is 0.903 bits per heavy atom. The topological polar surface area (TPSA) is 292 Å². The molecule has 0 bridgehead atoms. The number of fused-ring (bicyclic) bond motifs is 8. The smallest absolute Gasteiger partial charge is 0.416 e. The number of rotatable bonds is 19. The first kappa shape index (κ1) is 102. The summed E-state index contributed by atoms with van der Waals surface area (Å²) in [5, 5.41) is 12.3. The van der Waals surface area contributed by atoms with Crippen molar-refractivity contribution in [2.24, 2.45) is 124 Å². The van der Waals surface area contributed by atoms with Crippen LogP contribution in [0.2, 0.25) is 0 Å². The monoisotopic (exact) mass is 1980 g/mol. The molecule has 22 nitrogen and oxygen atoms in total. The van der Waals surface area contributed by atoms with Crippen molar-refractivity contribution < 1.29 is 93.1 Å². The minimum absolute atomic E-state index is 0.00948. The lowest BCUT2D eigenvalue weighted by molar-refractivity contribution is -0.145. The highest BCUT2D eigenvalue weighted by molar-refractivity contribution is 5.82. The molecule has 13 aliphatic rings. The molecule has 4 saturated heterocycles. The van der Waals surface area contributed by atoms with Crippen molar-refractivity contribution in [2.75, 3.05) is 13.2 Å². The van der Waals surface area contributed by atoms with Gasteiger partial charge in [0.05, 0.1) is 65.2 Å². The number of pyridine rings is 4. The maximum absolute atomic E-state index is 13.6. The number of alkyl halides is 3. The van der Waals surface area contributed by atoms with Gasteiger partial charge in [0.15, 0.2) is 0 Å². The summed E-state index contributed by atoms with van der Waals surface area (Å²) in [6.45, 7) is 13.8. The molecule has 13 fully saturated rings. The van der Waals surface area contributed by atoms with E-state index in [2.05, 4.69) is 77.7 Å². The number of hydrogen-bond acceptors (Lipinski definition) is 18. The lowest BCUT2D eigenvalue weighted by Gasteiger charge is -2.47. The van der Waals surface area contributed by atoms with E-state index in [1.165, 1.54) is 42.5 Å². The molecule has 8 aromatic rings. The second kappa shape index (κ2) is 45.2.